The third-order valence-corrected chi connectivity index (χ3v) is 4.01. The lowest BCUT2D eigenvalue weighted by atomic mass is 10.2. The second-order valence-electron chi connectivity index (χ2n) is 3.58. The summed E-state index contributed by atoms with van der Waals surface area (Å²) in [5.41, 5.74) is 0. The van der Waals surface area contributed by atoms with Crippen LogP contribution in [0.15, 0.2) is 29.2 Å². The number of hydrogen-bond acceptors (Lipinski definition) is 2. The van der Waals surface area contributed by atoms with Crippen molar-refractivity contribution >= 4 is 23.4 Å². The highest BCUT2D eigenvalue weighted by molar-refractivity contribution is 8.00. The molecule has 0 spiro atoms. The van der Waals surface area contributed by atoms with Crippen molar-refractivity contribution in [3.05, 3.63) is 29.3 Å². The summed E-state index contributed by atoms with van der Waals surface area (Å²) in [6.07, 6.45) is 1.15. The van der Waals surface area contributed by atoms with E-state index in [4.69, 9.17) is 11.6 Å². The fraction of sp³-hybridized carbons (Fsp3) is 0.500. The van der Waals surface area contributed by atoms with Crippen molar-refractivity contribution in [3.8, 4) is 0 Å². The number of halogens is 1. The summed E-state index contributed by atoms with van der Waals surface area (Å²) in [4.78, 5) is 1.28. The van der Waals surface area contributed by atoms with Crippen molar-refractivity contribution in [1.29, 1.82) is 0 Å². The van der Waals surface area contributed by atoms with Crippen molar-refractivity contribution in [3.63, 3.8) is 0 Å². The Hall–Kier alpha value is -0.180. The van der Waals surface area contributed by atoms with Crippen molar-refractivity contribution in [2.75, 3.05) is 7.05 Å². The molecule has 1 rings (SSSR count). The molecular weight excluding hydrogens is 226 g/mol. The van der Waals surface area contributed by atoms with Gasteiger partial charge in [-0.1, -0.05) is 25.4 Å². The molecule has 15 heavy (non-hydrogen) atoms. The summed E-state index contributed by atoms with van der Waals surface area (Å²) >= 11 is 7.73. The maximum absolute atomic E-state index is 5.84. The normalized spacial score (nSPS) is 14.9. The Labute approximate surface area is 102 Å². The molecule has 1 nitrogen and oxygen atoms in total. The fourth-order valence-corrected chi connectivity index (χ4v) is 2.92. The highest BCUT2D eigenvalue weighted by Crippen LogP contribution is 2.27. The molecule has 0 saturated carbocycles. The molecule has 1 aromatic rings. The van der Waals surface area contributed by atoms with Gasteiger partial charge in [0.1, 0.15) is 0 Å². The Balaban J connectivity index is 2.57. The molecule has 0 heterocycles. The van der Waals surface area contributed by atoms with E-state index in [2.05, 4.69) is 31.3 Å². The van der Waals surface area contributed by atoms with Gasteiger partial charge in [0.2, 0.25) is 0 Å². The molecular formula is C12H18ClNS. The van der Waals surface area contributed by atoms with Gasteiger partial charge in [0.05, 0.1) is 0 Å². The van der Waals surface area contributed by atoms with Gasteiger partial charge in [-0.2, -0.15) is 0 Å². The summed E-state index contributed by atoms with van der Waals surface area (Å²) in [5, 5.41) is 4.71. The number of hydrogen-bond donors (Lipinski definition) is 1. The molecule has 0 amide bonds. The molecule has 0 radical (unpaired) electrons. The molecule has 84 valence electrons. The van der Waals surface area contributed by atoms with Crippen LogP contribution in [0.5, 0.6) is 0 Å². The Morgan fingerprint density at radius 2 is 1.93 bits per heavy atom. The van der Waals surface area contributed by atoms with E-state index in [0.29, 0.717) is 11.3 Å². The molecule has 3 heteroatoms. The van der Waals surface area contributed by atoms with Crippen LogP contribution in [0.2, 0.25) is 5.02 Å². The average Bonchev–Trinajstić information content (AvgIpc) is 2.23. The van der Waals surface area contributed by atoms with Crippen LogP contribution < -0.4 is 5.32 Å². The predicted molar refractivity (Wildman–Crippen MR) is 69.9 cm³/mol. The Kier molecular flexibility index (Phi) is 5.51. The minimum absolute atomic E-state index is 0.561. The molecule has 0 aliphatic rings. The van der Waals surface area contributed by atoms with Gasteiger partial charge < -0.3 is 5.32 Å². The molecule has 1 aromatic carbocycles. The van der Waals surface area contributed by atoms with Gasteiger partial charge in [-0.3, -0.25) is 0 Å². The van der Waals surface area contributed by atoms with Crippen LogP contribution in [-0.4, -0.2) is 18.3 Å². The summed E-state index contributed by atoms with van der Waals surface area (Å²) in [6.45, 7) is 4.46. The standard InChI is InChI=1S/C12H18ClNS/c1-4-12(14-3)9(2)15-11-7-5-10(13)6-8-11/h5-9,12,14H,4H2,1-3H3. The van der Waals surface area contributed by atoms with Crippen LogP contribution in [0, 0.1) is 0 Å². The van der Waals surface area contributed by atoms with Gasteiger partial charge in [0.15, 0.2) is 0 Å². The van der Waals surface area contributed by atoms with Gasteiger partial charge in [-0.25, -0.2) is 0 Å². The summed E-state index contributed by atoms with van der Waals surface area (Å²) in [7, 11) is 2.02. The van der Waals surface area contributed by atoms with Crippen LogP contribution in [-0.2, 0) is 0 Å². The largest absolute Gasteiger partial charge is 0.316 e. The van der Waals surface area contributed by atoms with Crippen LogP contribution in [0.4, 0.5) is 0 Å². The van der Waals surface area contributed by atoms with Crippen molar-refractivity contribution in [2.24, 2.45) is 0 Å². The zero-order valence-electron chi connectivity index (χ0n) is 9.46. The van der Waals surface area contributed by atoms with Gasteiger partial charge >= 0.3 is 0 Å². The van der Waals surface area contributed by atoms with Gasteiger partial charge in [0.25, 0.3) is 0 Å². The van der Waals surface area contributed by atoms with E-state index < -0.39 is 0 Å². The molecule has 0 bridgehead atoms. The number of thioether (sulfide) groups is 1. The van der Waals surface area contributed by atoms with E-state index in [1.807, 2.05) is 30.9 Å². The van der Waals surface area contributed by atoms with Gasteiger partial charge in [0, 0.05) is 21.2 Å². The minimum atomic E-state index is 0.561. The highest BCUT2D eigenvalue weighted by Gasteiger charge is 2.14. The van der Waals surface area contributed by atoms with E-state index in [-0.39, 0.29) is 0 Å². The maximum atomic E-state index is 5.84. The molecule has 0 aromatic heterocycles. The third-order valence-electron chi connectivity index (χ3n) is 2.51. The van der Waals surface area contributed by atoms with E-state index in [0.717, 1.165) is 11.4 Å². The first-order chi connectivity index (χ1) is 7.17. The number of rotatable bonds is 5. The molecule has 0 saturated heterocycles. The number of benzene rings is 1. The number of nitrogens with one attached hydrogen (secondary N) is 1. The summed E-state index contributed by atoms with van der Waals surface area (Å²) < 4.78 is 0. The van der Waals surface area contributed by atoms with Crippen molar-refractivity contribution < 1.29 is 0 Å². The van der Waals surface area contributed by atoms with E-state index in [1.54, 1.807) is 0 Å². The maximum Gasteiger partial charge on any atom is 0.0406 e. The van der Waals surface area contributed by atoms with Crippen LogP contribution in [0.3, 0.4) is 0 Å². The zero-order chi connectivity index (χ0) is 11.3. The molecule has 0 fully saturated rings. The topological polar surface area (TPSA) is 12.0 Å². The second kappa shape index (κ2) is 6.41. The first-order valence-electron chi connectivity index (χ1n) is 5.26. The highest BCUT2D eigenvalue weighted by atomic mass is 35.5. The monoisotopic (exact) mass is 243 g/mol. The first kappa shape index (κ1) is 12.9. The minimum Gasteiger partial charge on any atom is -0.316 e. The smallest absolute Gasteiger partial charge is 0.0406 e. The van der Waals surface area contributed by atoms with Crippen LogP contribution in [0.1, 0.15) is 20.3 Å². The predicted octanol–water partition coefficient (Wildman–Crippen LogP) is 3.82. The first-order valence-corrected chi connectivity index (χ1v) is 6.52. The van der Waals surface area contributed by atoms with Crippen molar-refractivity contribution in [2.45, 2.75) is 36.5 Å². The lowest BCUT2D eigenvalue weighted by Crippen LogP contribution is -2.33. The Morgan fingerprint density at radius 1 is 1.33 bits per heavy atom. The molecule has 2 unspecified atom stereocenters. The van der Waals surface area contributed by atoms with E-state index in [9.17, 15) is 0 Å². The quantitative estimate of drug-likeness (QED) is 0.790. The molecule has 0 aliphatic heterocycles. The van der Waals surface area contributed by atoms with Gasteiger partial charge in [-0.15, -0.1) is 11.8 Å². The van der Waals surface area contributed by atoms with Crippen LogP contribution in [0.25, 0.3) is 0 Å². The summed E-state index contributed by atoms with van der Waals surface area (Å²) in [6, 6.07) is 8.59. The molecule has 1 N–H and O–H groups in total. The van der Waals surface area contributed by atoms with Gasteiger partial charge in [-0.05, 0) is 37.7 Å². The SMILES string of the molecule is CCC(NC)C(C)Sc1ccc(Cl)cc1. The van der Waals surface area contributed by atoms with Crippen LogP contribution >= 0.6 is 23.4 Å². The Morgan fingerprint density at radius 3 is 2.40 bits per heavy atom. The lowest BCUT2D eigenvalue weighted by molar-refractivity contribution is 0.541. The lowest BCUT2D eigenvalue weighted by Gasteiger charge is -2.21. The second-order valence-corrected chi connectivity index (χ2v) is 5.47. The Bertz CT molecular complexity index is 282. The average molecular weight is 244 g/mol. The molecule has 2 atom stereocenters. The summed E-state index contributed by atoms with van der Waals surface area (Å²) in [5.74, 6) is 0. The fourth-order valence-electron chi connectivity index (χ4n) is 1.58. The zero-order valence-corrected chi connectivity index (χ0v) is 11.0. The molecule has 0 aliphatic carbocycles. The van der Waals surface area contributed by atoms with E-state index in [1.165, 1.54) is 4.90 Å². The van der Waals surface area contributed by atoms with Crippen molar-refractivity contribution in [1.82, 2.24) is 5.32 Å². The third kappa shape index (κ3) is 4.06. The van der Waals surface area contributed by atoms with E-state index >= 15 is 0 Å².